The molecule has 0 aliphatic carbocycles. The van der Waals surface area contributed by atoms with Gasteiger partial charge in [0, 0.05) is 19.8 Å². The fraction of sp³-hybridized carbons (Fsp3) is 0.150. The molecular formula is C20H21N7O4S2. The summed E-state index contributed by atoms with van der Waals surface area (Å²) in [5.41, 5.74) is 1.99. The first-order valence-electron chi connectivity index (χ1n) is 9.76. The molecule has 11 nitrogen and oxygen atoms in total. The number of hydrogen-bond donors (Lipinski definition) is 3. The van der Waals surface area contributed by atoms with Crippen molar-refractivity contribution in [3.05, 3.63) is 66.5 Å². The topological polar surface area (TPSA) is 162 Å². The van der Waals surface area contributed by atoms with Gasteiger partial charge in [-0.15, -0.1) is 0 Å². The lowest BCUT2D eigenvalue weighted by Crippen LogP contribution is -2.17. The zero-order chi connectivity index (χ0) is 23.6. The number of fused-ring (bicyclic) bond motifs is 1. The van der Waals surface area contributed by atoms with Gasteiger partial charge in [0.05, 0.1) is 22.1 Å². The number of aryl methyl sites for hydroxylation is 1. The molecule has 0 atom stereocenters. The highest BCUT2D eigenvalue weighted by molar-refractivity contribution is 7.92. The highest BCUT2D eigenvalue weighted by atomic mass is 32.2. The van der Waals surface area contributed by atoms with E-state index in [0.717, 1.165) is 5.56 Å². The van der Waals surface area contributed by atoms with E-state index in [1.54, 1.807) is 37.4 Å². The summed E-state index contributed by atoms with van der Waals surface area (Å²) in [6.07, 6.45) is 3.15. The molecule has 0 unspecified atom stereocenters. The third-order valence-corrected chi connectivity index (χ3v) is 6.97. The van der Waals surface area contributed by atoms with Gasteiger partial charge in [0.1, 0.15) is 4.90 Å². The highest BCUT2D eigenvalue weighted by Gasteiger charge is 2.20. The first kappa shape index (κ1) is 22.6. The molecule has 0 bridgehead atoms. The summed E-state index contributed by atoms with van der Waals surface area (Å²) in [5, 5.41) is 12.1. The number of hydrogen-bond acceptors (Lipinski definition) is 8. The fourth-order valence-electron chi connectivity index (χ4n) is 3.09. The number of rotatable bonds is 8. The summed E-state index contributed by atoms with van der Waals surface area (Å²) in [6.45, 7) is 0.392. The van der Waals surface area contributed by atoms with Gasteiger partial charge in [-0.05, 0) is 36.2 Å². The van der Waals surface area contributed by atoms with Crippen molar-refractivity contribution in [3.63, 3.8) is 0 Å². The van der Waals surface area contributed by atoms with Crippen LogP contribution in [0.3, 0.4) is 0 Å². The first-order chi connectivity index (χ1) is 15.6. The minimum atomic E-state index is -3.92. The molecule has 0 saturated heterocycles. The van der Waals surface area contributed by atoms with Crippen LogP contribution in [0.2, 0.25) is 0 Å². The molecule has 0 spiro atoms. The Bertz CT molecular complexity index is 1520. The number of primary sulfonamides is 1. The molecule has 0 radical (unpaired) electrons. The van der Waals surface area contributed by atoms with Crippen LogP contribution in [-0.2, 0) is 33.5 Å². The molecule has 4 aromatic rings. The summed E-state index contributed by atoms with van der Waals surface area (Å²) in [5.74, 6) is 0.324. The number of aromatic nitrogens is 4. The second-order valence-corrected chi connectivity index (χ2v) is 10.5. The Labute approximate surface area is 190 Å². The zero-order valence-corrected chi connectivity index (χ0v) is 19.1. The van der Waals surface area contributed by atoms with Crippen LogP contribution in [0.15, 0.2) is 70.7 Å². The van der Waals surface area contributed by atoms with Gasteiger partial charge in [0.2, 0.25) is 10.0 Å². The molecule has 4 rings (SSSR count). The van der Waals surface area contributed by atoms with E-state index >= 15 is 0 Å². The van der Waals surface area contributed by atoms with Crippen molar-refractivity contribution >= 4 is 42.7 Å². The Morgan fingerprint density at radius 3 is 2.12 bits per heavy atom. The highest BCUT2D eigenvalue weighted by Crippen LogP contribution is 2.24. The maximum atomic E-state index is 12.8. The predicted molar refractivity (Wildman–Crippen MR) is 124 cm³/mol. The number of benzene rings is 2. The van der Waals surface area contributed by atoms with Gasteiger partial charge < -0.3 is 5.32 Å². The van der Waals surface area contributed by atoms with E-state index in [-0.39, 0.29) is 21.4 Å². The van der Waals surface area contributed by atoms with Gasteiger partial charge in [-0.3, -0.25) is 9.40 Å². The number of nitrogens with one attached hydrogen (secondary N) is 2. The van der Waals surface area contributed by atoms with Crippen LogP contribution in [-0.4, -0.2) is 43.1 Å². The lowest BCUT2D eigenvalue weighted by Gasteiger charge is -2.13. The van der Waals surface area contributed by atoms with Gasteiger partial charge in [-0.1, -0.05) is 24.3 Å². The summed E-state index contributed by atoms with van der Waals surface area (Å²) in [6, 6.07) is 13.3. The van der Waals surface area contributed by atoms with Crippen LogP contribution in [0.25, 0.3) is 11.0 Å². The number of nitrogens with zero attached hydrogens (tertiary/aromatic N) is 4. The molecule has 2 aromatic carbocycles. The van der Waals surface area contributed by atoms with Crippen molar-refractivity contribution in [1.29, 1.82) is 0 Å². The quantitative estimate of drug-likeness (QED) is 0.336. The molecule has 0 saturated carbocycles. The number of sulfonamides is 2. The van der Waals surface area contributed by atoms with Crippen molar-refractivity contribution < 1.29 is 16.8 Å². The zero-order valence-electron chi connectivity index (χ0n) is 17.5. The van der Waals surface area contributed by atoms with E-state index in [1.165, 1.54) is 29.2 Å². The van der Waals surface area contributed by atoms with Gasteiger partial charge >= 0.3 is 0 Å². The lowest BCUT2D eigenvalue weighted by molar-refractivity contribution is 0.597. The fourth-order valence-corrected chi connectivity index (χ4v) is 4.60. The largest absolute Gasteiger partial charge is 0.367 e. The van der Waals surface area contributed by atoms with Crippen molar-refractivity contribution in [2.24, 2.45) is 12.2 Å². The van der Waals surface area contributed by atoms with Gasteiger partial charge in [0.25, 0.3) is 10.0 Å². The van der Waals surface area contributed by atoms with Gasteiger partial charge in [-0.2, -0.15) is 5.10 Å². The summed E-state index contributed by atoms with van der Waals surface area (Å²) in [7, 11) is -6.06. The first-order valence-corrected chi connectivity index (χ1v) is 12.8. The molecule has 0 fully saturated rings. The van der Waals surface area contributed by atoms with E-state index in [9.17, 15) is 16.8 Å². The Morgan fingerprint density at radius 2 is 1.55 bits per heavy atom. The van der Waals surface area contributed by atoms with Crippen LogP contribution in [0.4, 0.5) is 11.6 Å². The van der Waals surface area contributed by atoms with Crippen molar-refractivity contribution in [1.82, 2.24) is 19.7 Å². The van der Waals surface area contributed by atoms with E-state index in [4.69, 9.17) is 5.14 Å². The number of para-hydroxylation sites is 2. The van der Waals surface area contributed by atoms with E-state index < -0.39 is 20.0 Å². The minimum Gasteiger partial charge on any atom is -0.367 e. The lowest BCUT2D eigenvalue weighted by atomic mass is 10.1. The van der Waals surface area contributed by atoms with Crippen LogP contribution < -0.4 is 15.2 Å². The average Bonchev–Trinajstić information content (AvgIpc) is 3.21. The standard InChI is InChI=1S/C20H21N7O4S2/c1-27-13-16(12-23-27)33(30,31)26-20-19(24-17-4-2-3-5-18(17)25-20)22-11-10-14-6-8-15(9-7-14)32(21,28)29/h2-9,12-13H,10-11H2,1H3,(H,22,24)(H,25,26)(H2,21,28,29). The third-order valence-electron chi connectivity index (χ3n) is 4.75. The molecule has 13 heteroatoms. The maximum absolute atomic E-state index is 12.8. The molecule has 0 amide bonds. The number of nitrogens with two attached hydrogens (primary N) is 1. The van der Waals surface area contributed by atoms with Crippen molar-refractivity contribution in [3.8, 4) is 0 Å². The van der Waals surface area contributed by atoms with Gasteiger partial charge in [-0.25, -0.2) is 31.9 Å². The van der Waals surface area contributed by atoms with Crippen LogP contribution in [0.1, 0.15) is 5.56 Å². The Balaban J connectivity index is 1.57. The Hall–Kier alpha value is -3.55. The van der Waals surface area contributed by atoms with Crippen LogP contribution >= 0.6 is 0 Å². The average molecular weight is 488 g/mol. The summed E-state index contributed by atoms with van der Waals surface area (Å²) in [4.78, 5) is 8.99. The van der Waals surface area contributed by atoms with E-state index in [1.807, 2.05) is 6.07 Å². The van der Waals surface area contributed by atoms with Crippen molar-refractivity contribution in [2.75, 3.05) is 16.6 Å². The second-order valence-electron chi connectivity index (χ2n) is 7.23. The molecule has 33 heavy (non-hydrogen) atoms. The monoisotopic (exact) mass is 487 g/mol. The predicted octanol–water partition coefficient (Wildman–Crippen LogP) is 1.47. The van der Waals surface area contributed by atoms with Crippen LogP contribution in [0.5, 0.6) is 0 Å². The molecular weight excluding hydrogens is 466 g/mol. The molecule has 0 aliphatic rings. The SMILES string of the molecule is Cn1cc(S(=O)(=O)Nc2nc3ccccc3nc2NCCc2ccc(S(N)(=O)=O)cc2)cn1. The van der Waals surface area contributed by atoms with Gasteiger partial charge in [0.15, 0.2) is 11.6 Å². The Morgan fingerprint density at radius 1 is 0.909 bits per heavy atom. The third kappa shape index (κ3) is 5.27. The summed E-state index contributed by atoms with van der Waals surface area (Å²) >= 11 is 0. The smallest absolute Gasteiger partial charge is 0.266 e. The Kier molecular flexibility index (Phi) is 6.01. The maximum Gasteiger partial charge on any atom is 0.266 e. The summed E-state index contributed by atoms with van der Waals surface area (Å²) < 4.78 is 52.2. The van der Waals surface area contributed by atoms with Crippen LogP contribution in [0, 0.1) is 0 Å². The van der Waals surface area contributed by atoms with Crippen molar-refractivity contribution in [2.45, 2.75) is 16.2 Å². The minimum absolute atomic E-state index is 0.000791. The molecule has 2 heterocycles. The number of anilines is 2. The normalized spacial score (nSPS) is 12.1. The molecule has 2 aromatic heterocycles. The van der Waals surface area contributed by atoms with E-state index in [0.29, 0.717) is 24.0 Å². The second kappa shape index (κ2) is 8.77. The van der Waals surface area contributed by atoms with E-state index in [2.05, 4.69) is 25.1 Å². The molecule has 4 N–H and O–H groups in total. The molecule has 0 aliphatic heterocycles. The molecule has 172 valence electrons.